The van der Waals surface area contributed by atoms with Crippen molar-refractivity contribution in [2.24, 2.45) is 0 Å². The fourth-order valence-electron chi connectivity index (χ4n) is 1.56. The van der Waals surface area contributed by atoms with Gasteiger partial charge in [0.25, 0.3) is 0 Å². The molecular weight excluding hydrogens is 320 g/mol. The Morgan fingerprint density at radius 2 is 1.13 bits per heavy atom. The number of aryl methyl sites for hydroxylation is 2. The number of anilines is 1. The van der Waals surface area contributed by atoms with E-state index in [9.17, 15) is 26.3 Å². The van der Waals surface area contributed by atoms with E-state index in [0.717, 1.165) is 29.8 Å². The van der Waals surface area contributed by atoms with E-state index in [1.54, 1.807) is 13.8 Å². The topological polar surface area (TPSA) is 26.0 Å². The van der Waals surface area contributed by atoms with Gasteiger partial charge in [0.15, 0.2) is 0 Å². The second-order valence-corrected chi connectivity index (χ2v) is 4.93. The third-order valence-electron chi connectivity index (χ3n) is 2.99. The van der Waals surface area contributed by atoms with E-state index in [1.807, 2.05) is 0 Å². The summed E-state index contributed by atoms with van der Waals surface area (Å²) in [6.07, 6.45) is -8.52. The van der Waals surface area contributed by atoms with Crippen LogP contribution in [0.25, 0.3) is 0 Å². The minimum absolute atomic E-state index is 0.171. The van der Waals surface area contributed by atoms with Crippen molar-refractivity contribution in [1.82, 2.24) is 0 Å². The minimum atomic E-state index is -4.30. The van der Waals surface area contributed by atoms with Gasteiger partial charge in [0.2, 0.25) is 0 Å². The molecule has 126 valence electrons. The normalized spacial score (nSPS) is 11.7. The first kappa shape index (κ1) is 18.9. The van der Waals surface area contributed by atoms with Gasteiger partial charge in [0.1, 0.15) is 0 Å². The number of rotatable bonds is 0. The van der Waals surface area contributed by atoms with Crippen LogP contribution in [-0.4, -0.2) is 0 Å². The van der Waals surface area contributed by atoms with Gasteiger partial charge in [0.05, 0.1) is 11.1 Å². The van der Waals surface area contributed by atoms with Gasteiger partial charge >= 0.3 is 12.4 Å². The zero-order chi connectivity index (χ0) is 17.8. The number of alkyl halides is 6. The zero-order valence-corrected chi connectivity index (χ0v) is 12.4. The summed E-state index contributed by atoms with van der Waals surface area (Å²) in [6, 6.07) is 8.37. The highest BCUT2D eigenvalue weighted by Gasteiger charge is 2.30. The molecule has 2 N–H and O–H groups in total. The van der Waals surface area contributed by atoms with Gasteiger partial charge in [-0.15, -0.1) is 0 Å². The zero-order valence-electron chi connectivity index (χ0n) is 12.4. The van der Waals surface area contributed by atoms with Crippen molar-refractivity contribution >= 4 is 5.69 Å². The van der Waals surface area contributed by atoms with Crippen molar-refractivity contribution in [2.75, 3.05) is 5.73 Å². The first-order chi connectivity index (χ1) is 10.4. The van der Waals surface area contributed by atoms with Crippen LogP contribution in [-0.2, 0) is 12.4 Å². The molecule has 0 bridgehead atoms. The van der Waals surface area contributed by atoms with Crippen LogP contribution in [0.2, 0.25) is 0 Å². The minimum Gasteiger partial charge on any atom is -0.399 e. The molecule has 0 aromatic heterocycles. The molecule has 0 unspecified atom stereocenters. The Morgan fingerprint density at radius 3 is 1.52 bits per heavy atom. The predicted octanol–water partition coefficient (Wildman–Crippen LogP) is 5.61. The lowest BCUT2D eigenvalue weighted by atomic mass is 10.1. The highest BCUT2D eigenvalue weighted by Crippen LogP contribution is 2.31. The molecule has 23 heavy (non-hydrogen) atoms. The Bertz CT molecular complexity index is 641. The summed E-state index contributed by atoms with van der Waals surface area (Å²) in [6.45, 7) is 3.41. The molecule has 0 aliphatic rings. The SMILES string of the molecule is Cc1ccc(C(F)(F)F)cc1.Cc1ccc(C(F)(F)F)cc1N. The van der Waals surface area contributed by atoms with Crippen LogP contribution in [0.15, 0.2) is 42.5 Å². The van der Waals surface area contributed by atoms with Crippen molar-refractivity contribution in [3.05, 3.63) is 64.7 Å². The molecular formula is C16H15F6N. The molecule has 2 aromatic carbocycles. The van der Waals surface area contributed by atoms with Crippen LogP contribution >= 0.6 is 0 Å². The molecule has 0 atom stereocenters. The molecule has 0 saturated heterocycles. The fraction of sp³-hybridized carbons (Fsp3) is 0.250. The molecule has 0 fully saturated rings. The van der Waals surface area contributed by atoms with Gasteiger partial charge in [0, 0.05) is 5.69 Å². The maximum atomic E-state index is 12.0. The summed E-state index contributed by atoms with van der Waals surface area (Å²) in [7, 11) is 0. The van der Waals surface area contributed by atoms with Gasteiger partial charge in [-0.1, -0.05) is 23.8 Å². The van der Waals surface area contributed by atoms with Crippen LogP contribution in [0.4, 0.5) is 32.0 Å². The lowest BCUT2D eigenvalue weighted by Gasteiger charge is -2.07. The Kier molecular flexibility index (Phi) is 5.69. The fourth-order valence-corrected chi connectivity index (χ4v) is 1.56. The summed E-state index contributed by atoms with van der Waals surface area (Å²) in [5.41, 5.74) is 5.68. The van der Waals surface area contributed by atoms with Crippen molar-refractivity contribution in [3.8, 4) is 0 Å². The first-order valence-electron chi connectivity index (χ1n) is 6.48. The smallest absolute Gasteiger partial charge is 0.399 e. The summed E-state index contributed by atoms with van der Waals surface area (Å²) in [5, 5.41) is 0. The second-order valence-electron chi connectivity index (χ2n) is 4.93. The standard InChI is InChI=1S/C8H8F3N.C8H7F3/c1-5-2-3-6(4-7(5)12)8(9,10)11;1-6-2-4-7(5-3-6)8(9,10)11/h2-4H,12H2,1H3;2-5H,1H3. The van der Waals surface area contributed by atoms with E-state index in [-0.39, 0.29) is 5.69 Å². The second kappa shape index (κ2) is 6.93. The number of hydrogen-bond acceptors (Lipinski definition) is 1. The van der Waals surface area contributed by atoms with E-state index in [1.165, 1.54) is 18.2 Å². The largest absolute Gasteiger partial charge is 0.416 e. The molecule has 1 nitrogen and oxygen atoms in total. The van der Waals surface area contributed by atoms with E-state index in [2.05, 4.69) is 0 Å². The van der Waals surface area contributed by atoms with Gasteiger partial charge in [-0.05, 0) is 43.7 Å². The Labute approximate surface area is 129 Å². The summed E-state index contributed by atoms with van der Waals surface area (Å²) in [4.78, 5) is 0. The maximum absolute atomic E-state index is 12.0. The van der Waals surface area contributed by atoms with Crippen LogP contribution in [0.5, 0.6) is 0 Å². The van der Waals surface area contributed by atoms with E-state index in [0.29, 0.717) is 5.56 Å². The van der Waals surface area contributed by atoms with Gasteiger partial charge < -0.3 is 5.73 Å². The Morgan fingerprint density at radius 1 is 0.696 bits per heavy atom. The van der Waals surface area contributed by atoms with Crippen molar-refractivity contribution in [3.63, 3.8) is 0 Å². The van der Waals surface area contributed by atoms with Crippen LogP contribution in [0.3, 0.4) is 0 Å². The number of nitrogen functional groups attached to an aromatic ring is 1. The number of halogens is 6. The Balaban J connectivity index is 0.000000231. The predicted molar refractivity (Wildman–Crippen MR) is 76.8 cm³/mol. The van der Waals surface area contributed by atoms with Crippen LogP contribution in [0.1, 0.15) is 22.3 Å². The molecule has 0 radical (unpaired) electrons. The first-order valence-corrected chi connectivity index (χ1v) is 6.48. The van der Waals surface area contributed by atoms with Gasteiger partial charge in [-0.25, -0.2) is 0 Å². The maximum Gasteiger partial charge on any atom is 0.416 e. The molecule has 0 saturated carbocycles. The van der Waals surface area contributed by atoms with E-state index in [4.69, 9.17) is 5.73 Å². The summed E-state index contributed by atoms with van der Waals surface area (Å²) in [5.74, 6) is 0. The average molecular weight is 335 g/mol. The molecule has 2 rings (SSSR count). The van der Waals surface area contributed by atoms with Crippen molar-refractivity contribution < 1.29 is 26.3 Å². The summed E-state index contributed by atoms with van der Waals surface area (Å²) < 4.78 is 71.9. The number of hydrogen-bond donors (Lipinski definition) is 1. The van der Waals surface area contributed by atoms with Crippen LogP contribution < -0.4 is 5.73 Å². The highest BCUT2D eigenvalue weighted by atomic mass is 19.4. The molecule has 2 aromatic rings. The summed E-state index contributed by atoms with van der Waals surface area (Å²) >= 11 is 0. The van der Waals surface area contributed by atoms with E-state index >= 15 is 0 Å². The third-order valence-corrected chi connectivity index (χ3v) is 2.99. The van der Waals surface area contributed by atoms with Crippen LogP contribution in [0, 0.1) is 13.8 Å². The molecule has 0 spiro atoms. The number of nitrogens with two attached hydrogens (primary N) is 1. The van der Waals surface area contributed by atoms with Gasteiger partial charge in [-0.3, -0.25) is 0 Å². The Hall–Kier alpha value is -2.18. The molecule has 0 amide bonds. The number of benzene rings is 2. The van der Waals surface area contributed by atoms with Gasteiger partial charge in [-0.2, -0.15) is 26.3 Å². The average Bonchev–Trinajstić information content (AvgIpc) is 2.41. The van der Waals surface area contributed by atoms with Crippen molar-refractivity contribution in [2.45, 2.75) is 26.2 Å². The quantitative estimate of drug-likeness (QED) is 0.491. The molecule has 0 heterocycles. The highest BCUT2D eigenvalue weighted by molar-refractivity contribution is 5.48. The molecule has 0 aliphatic heterocycles. The lowest BCUT2D eigenvalue weighted by molar-refractivity contribution is -0.138. The molecule has 7 heteroatoms. The monoisotopic (exact) mass is 335 g/mol. The molecule has 0 aliphatic carbocycles. The third kappa shape index (κ3) is 5.84. The van der Waals surface area contributed by atoms with E-state index < -0.39 is 23.5 Å². The lowest BCUT2D eigenvalue weighted by Crippen LogP contribution is -2.05. The van der Waals surface area contributed by atoms with Crippen molar-refractivity contribution in [1.29, 1.82) is 0 Å².